The molecule has 2 aromatic heterocycles. The van der Waals surface area contributed by atoms with Crippen molar-refractivity contribution in [2.24, 2.45) is 0 Å². The Balaban J connectivity index is 1.56. The summed E-state index contributed by atoms with van der Waals surface area (Å²) in [6.45, 7) is 3.85. The SMILES string of the molecule is COc1ccc([C@@H]2CCCN2Cc2nc(-c3cccs3)oc2C)cc1OC. The maximum Gasteiger partial charge on any atom is 0.236 e. The van der Waals surface area contributed by atoms with Crippen LogP contribution < -0.4 is 9.47 Å². The van der Waals surface area contributed by atoms with Crippen LogP contribution in [-0.2, 0) is 6.54 Å². The Kier molecular flexibility index (Phi) is 5.18. The first kappa shape index (κ1) is 18.1. The Morgan fingerprint density at radius 1 is 1.22 bits per heavy atom. The second-order valence-electron chi connectivity index (χ2n) is 6.74. The van der Waals surface area contributed by atoms with Crippen molar-refractivity contribution in [3.63, 3.8) is 0 Å². The lowest BCUT2D eigenvalue weighted by molar-refractivity contribution is 0.243. The third kappa shape index (κ3) is 3.59. The molecule has 0 amide bonds. The zero-order chi connectivity index (χ0) is 18.8. The van der Waals surface area contributed by atoms with E-state index in [0.29, 0.717) is 6.04 Å². The molecule has 0 aliphatic carbocycles. The van der Waals surface area contributed by atoms with E-state index in [1.807, 2.05) is 30.5 Å². The van der Waals surface area contributed by atoms with E-state index in [4.69, 9.17) is 18.9 Å². The summed E-state index contributed by atoms with van der Waals surface area (Å²) in [6, 6.07) is 10.6. The number of benzene rings is 1. The first-order valence-corrected chi connectivity index (χ1v) is 10.0. The smallest absolute Gasteiger partial charge is 0.236 e. The second-order valence-corrected chi connectivity index (χ2v) is 7.69. The van der Waals surface area contributed by atoms with E-state index >= 15 is 0 Å². The number of methoxy groups -OCH3 is 2. The number of likely N-dealkylation sites (tertiary alicyclic amines) is 1. The number of hydrogen-bond donors (Lipinski definition) is 0. The summed E-state index contributed by atoms with van der Waals surface area (Å²) < 4.78 is 16.8. The summed E-state index contributed by atoms with van der Waals surface area (Å²) in [5.74, 6) is 3.16. The van der Waals surface area contributed by atoms with Gasteiger partial charge in [0.25, 0.3) is 0 Å². The van der Waals surface area contributed by atoms with E-state index in [-0.39, 0.29) is 0 Å². The molecule has 1 fully saturated rings. The van der Waals surface area contributed by atoms with Gasteiger partial charge in [-0.2, -0.15) is 0 Å². The largest absolute Gasteiger partial charge is 0.493 e. The minimum absolute atomic E-state index is 0.353. The quantitative estimate of drug-likeness (QED) is 0.594. The molecule has 0 radical (unpaired) electrons. The molecule has 1 saturated heterocycles. The Morgan fingerprint density at radius 3 is 2.81 bits per heavy atom. The zero-order valence-corrected chi connectivity index (χ0v) is 16.7. The van der Waals surface area contributed by atoms with E-state index in [0.717, 1.165) is 53.2 Å². The first-order valence-electron chi connectivity index (χ1n) is 9.15. The van der Waals surface area contributed by atoms with Gasteiger partial charge in [0.2, 0.25) is 5.89 Å². The van der Waals surface area contributed by atoms with Crippen molar-refractivity contribution < 1.29 is 13.9 Å². The molecule has 3 aromatic rings. The molecule has 4 rings (SSSR count). The Labute approximate surface area is 163 Å². The average Bonchev–Trinajstić information content (AvgIpc) is 3.43. The number of hydrogen-bond acceptors (Lipinski definition) is 6. The normalized spacial score (nSPS) is 17.4. The molecule has 0 bridgehead atoms. The van der Waals surface area contributed by atoms with Crippen molar-refractivity contribution in [1.29, 1.82) is 0 Å². The van der Waals surface area contributed by atoms with Gasteiger partial charge in [-0.3, -0.25) is 4.90 Å². The summed E-state index contributed by atoms with van der Waals surface area (Å²) in [7, 11) is 3.34. The third-order valence-corrected chi connectivity index (χ3v) is 5.99. The van der Waals surface area contributed by atoms with Crippen LogP contribution in [-0.4, -0.2) is 30.6 Å². The fraction of sp³-hybridized carbons (Fsp3) is 0.381. The standard InChI is InChI=1S/C21H24N2O3S/c1-14-16(22-21(26-14)20-7-5-11-27-20)13-23-10-4-6-17(23)15-8-9-18(24-2)19(12-15)25-3/h5,7-9,11-12,17H,4,6,10,13H2,1-3H3/t17-/m0/s1. The summed E-state index contributed by atoms with van der Waals surface area (Å²) in [5, 5.41) is 2.04. The number of aryl methyl sites for hydroxylation is 1. The lowest BCUT2D eigenvalue weighted by Gasteiger charge is -2.24. The van der Waals surface area contributed by atoms with Gasteiger partial charge in [-0.05, 0) is 55.5 Å². The lowest BCUT2D eigenvalue weighted by atomic mass is 10.0. The lowest BCUT2D eigenvalue weighted by Crippen LogP contribution is -2.23. The first-order chi connectivity index (χ1) is 13.2. The van der Waals surface area contributed by atoms with Crippen molar-refractivity contribution in [3.8, 4) is 22.3 Å². The van der Waals surface area contributed by atoms with Crippen molar-refractivity contribution in [2.75, 3.05) is 20.8 Å². The summed E-state index contributed by atoms with van der Waals surface area (Å²) >= 11 is 1.65. The second kappa shape index (κ2) is 7.74. The van der Waals surface area contributed by atoms with Crippen molar-refractivity contribution in [2.45, 2.75) is 32.4 Å². The fourth-order valence-electron chi connectivity index (χ4n) is 3.73. The van der Waals surface area contributed by atoms with Crippen molar-refractivity contribution >= 4 is 11.3 Å². The molecule has 1 aliphatic rings. The number of aromatic nitrogens is 1. The van der Waals surface area contributed by atoms with E-state index < -0.39 is 0 Å². The van der Waals surface area contributed by atoms with E-state index in [1.54, 1.807) is 25.6 Å². The van der Waals surface area contributed by atoms with E-state index in [2.05, 4.69) is 17.0 Å². The van der Waals surface area contributed by atoms with E-state index in [1.165, 1.54) is 12.0 Å². The van der Waals surface area contributed by atoms with Crippen molar-refractivity contribution in [1.82, 2.24) is 9.88 Å². The molecular formula is C21H24N2O3S. The highest BCUT2D eigenvalue weighted by atomic mass is 32.1. The molecule has 6 heteroatoms. The van der Waals surface area contributed by atoms with Gasteiger partial charge in [0.05, 0.1) is 24.8 Å². The molecular weight excluding hydrogens is 360 g/mol. The summed E-state index contributed by atoms with van der Waals surface area (Å²) in [5.41, 5.74) is 2.27. The molecule has 0 spiro atoms. The van der Waals surface area contributed by atoms with Gasteiger partial charge in [0, 0.05) is 12.6 Å². The van der Waals surface area contributed by atoms with Crippen LogP contribution in [0, 0.1) is 6.92 Å². The van der Waals surface area contributed by atoms with E-state index in [9.17, 15) is 0 Å². The molecule has 27 heavy (non-hydrogen) atoms. The van der Waals surface area contributed by atoms with Crippen LogP contribution >= 0.6 is 11.3 Å². The average molecular weight is 385 g/mol. The Morgan fingerprint density at radius 2 is 2.07 bits per heavy atom. The molecule has 1 aromatic carbocycles. The number of rotatable bonds is 6. The maximum absolute atomic E-state index is 5.91. The molecule has 5 nitrogen and oxygen atoms in total. The van der Waals surface area contributed by atoms with Crippen LogP contribution in [0.3, 0.4) is 0 Å². The van der Waals surface area contributed by atoms with Crippen molar-refractivity contribution in [3.05, 3.63) is 52.7 Å². The monoisotopic (exact) mass is 384 g/mol. The van der Waals surface area contributed by atoms with Gasteiger partial charge in [0.1, 0.15) is 5.76 Å². The van der Waals surface area contributed by atoms with Gasteiger partial charge in [-0.25, -0.2) is 4.98 Å². The predicted octanol–water partition coefficient (Wildman–Crippen LogP) is 5.07. The fourth-order valence-corrected chi connectivity index (χ4v) is 4.37. The van der Waals surface area contributed by atoms with Gasteiger partial charge < -0.3 is 13.9 Å². The number of thiophene rings is 1. The molecule has 0 unspecified atom stereocenters. The van der Waals surface area contributed by atoms with Crippen LogP contribution in [0.15, 0.2) is 40.1 Å². The van der Waals surface area contributed by atoms with Gasteiger partial charge >= 0.3 is 0 Å². The molecule has 3 heterocycles. The highest BCUT2D eigenvalue weighted by molar-refractivity contribution is 7.13. The molecule has 0 N–H and O–H groups in total. The minimum atomic E-state index is 0.353. The van der Waals surface area contributed by atoms with Crippen LogP contribution in [0.2, 0.25) is 0 Å². The summed E-state index contributed by atoms with van der Waals surface area (Å²) in [6.07, 6.45) is 2.30. The topological polar surface area (TPSA) is 47.7 Å². The summed E-state index contributed by atoms with van der Waals surface area (Å²) in [4.78, 5) is 8.31. The Hall–Kier alpha value is -2.31. The molecule has 0 saturated carbocycles. The number of nitrogens with zero attached hydrogens (tertiary/aromatic N) is 2. The van der Waals surface area contributed by atoms with Crippen LogP contribution in [0.4, 0.5) is 0 Å². The van der Waals surface area contributed by atoms with Crippen LogP contribution in [0.25, 0.3) is 10.8 Å². The van der Waals surface area contributed by atoms with Crippen LogP contribution in [0.1, 0.15) is 35.9 Å². The van der Waals surface area contributed by atoms with Gasteiger partial charge in [-0.15, -0.1) is 11.3 Å². The zero-order valence-electron chi connectivity index (χ0n) is 15.9. The van der Waals surface area contributed by atoms with Gasteiger partial charge in [0.15, 0.2) is 11.5 Å². The number of oxazole rings is 1. The Bertz CT molecular complexity index is 904. The maximum atomic E-state index is 5.91. The minimum Gasteiger partial charge on any atom is -0.493 e. The molecule has 142 valence electrons. The third-order valence-electron chi connectivity index (χ3n) is 5.13. The molecule has 1 aliphatic heterocycles. The van der Waals surface area contributed by atoms with Crippen LogP contribution in [0.5, 0.6) is 11.5 Å². The predicted molar refractivity (Wildman–Crippen MR) is 106 cm³/mol. The highest BCUT2D eigenvalue weighted by Gasteiger charge is 2.28. The van der Waals surface area contributed by atoms with Gasteiger partial charge in [-0.1, -0.05) is 12.1 Å². The molecule has 1 atom stereocenters. The highest BCUT2D eigenvalue weighted by Crippen LogP contribution is 2.38. The number of ether oxygens (including phenoxy) is 2.